The third kappa shape index (κ3) is 1.39. The van der Waals surface area contributed by atoms with Crippen LogP contribution in [-0.2, 0) is 14.3 Å². The number of ketones is 1. The Morgan fingerprint density at radius 2 is 1.81 bits per heavy atom. The van der Waals surface area contributed by atoms with Gasteiger partial charge in [0.05, 0.1) is 12.5 Å². The molecule has 0 spiro atoms. The molecule has 6 nitrogen and oxygen atoms in total. The van der Waals surface area contributed by atoms with Crippen LogP contribution in [0.2, 0.25) is 0 Å². The number of carbonyl (C=O) groups is 2. The van der Waals surface area contributed by atoms with Crippen LogP contribution in [0.3, 0.4) is 0 Å². The van der Waals surface area contributed by atoms with Gasteiger partial charge >= 0.3 is 5.97 Å². The third-order valence-corrected chi connectivity index (χ3v) is 6.69. The van der Waals surface area contributed by atoms with Gasteiger partial charge in [0.25, 0.3) is 0 Å². The van der Waals surface area contributed by atoms with E-state index in [0.29, 0.717) is 0 Å². The summed E-state index contributed by atoms with van der Waals surface area (Å²) >= 11 is 0. The van der Waals surface area contributed by atoms with Gasteiger partial charge in [0, 0.05) is 23.2 Å². The lowest BCUT2D eigenvalue weighted by molar-refractivity contribution is -0.238. The van der Waals surface area contributed by atoms with Gasteiger partial charge < -0.3 is 20.1 Å². The van der Waals surface area contributed by atoms with Crippen molar-refractivity contribution in [2.45, 2.75) is 51.4 Å². The van der Waals surface area contributed by atoms with Crippen LogP contribution < -0.4 is 0 Å². The number of rotatable bonds is 0. The van der Waals surface area contributed by atoms with E-state index < -0.39 is 46.4 Å². The number of ether oxygens (including phenoxy) is 1. The molecule has 3 fully saturated rings. The second kappa shape index (κ2) is 4.06. The van der Waals surface area contributed by atoms with E-state index in [1.807, 2.05) is 0 Å². The first-order valence-corrected chi connectivity index (χ1v) is 7.38. The first kappa shape index (κ1) is 14.9. The highest BCUT2D eigenvalue weighted by atomic mass is 16.5. The normalized spacial score (nSPS) is 56.7. The Bertz CT molecular complexity index is 518. The zero-order chi connectivity index (χ0) is 15.8. The van der Waals surface area contributed by atoms with Crippen LogP contribution in [0.5, 0.6) is 0 Å². The Morgan fingerprint density at radius 3 is 2.43 bits per heavy atom. The van der Waals surface area contributed by atoms with Gasteiger partial charge in [-0.3, -0.25) is 9.59 Å². The molecule has 0 amide bonds. The van der Waals surface area contributed by atoms with Crippen molar-refractivity contribution in [1.82, 2.24) is 0 Å². The number of aliphatic hydroxyl groups excluding tert-OH is 2. The van der Waals surface area contributed by atoms with Crippen LogP contribution in [0.4, 0.5) is 0 Å². The summed E-state index contributed by atoms with van der Waals surface area (Å²) in [4.78, 5) is 24.5. The maximum absolute atomic E-state index is 12.5. The molecule has 0 unspecified atom stereocenters. The van der Waals surface area contributed by atoms with E-state index in [2.05, 4.69) is 0 Å². The maximum atomic E-state index is 12.5. The molecule has 118 valence electrons. The first-order valence-electron chi connectivity index (χ1n) is 7.38. The molecule has 0 aromatic carbocycles. The van der Waals surface area contributed by atoms with Crippen molar-refractivity contribution in [3.63, 3.8) is 0 Å². The van der Waals surface area contributed by atoms with E-state index in [1.165, 1.54) is 0 Å². The summed E-state index contributed by atoms with van der Waals surface area (Å²) < 4.78 is 5.22. The van der Waals surface area contributed by atoms with Crippen molar-refractivity contribution in [2.24, 2.45) is 22.7 Å². The number of cyclic esters (lactones) is 1. The quantitative estimate of drug-likeness (QED) is 0.528. The highest BCUT2D eigenvalue weighted by Gasteiger charge is 2.78. The van der Waals surface area contributed by atoms with Gasteiger partial charge in [0.15, 0.2) is 0 Å². The lowest BCUT2D eigenvalue weighted by Gasteiger charge is -2.57. The molecule has 2 bridgehead atoms. The van der Waals surface area contributed by atoms with Gasteiger partial charge in [-0.25, -0.2) is 0 Å². The fourth-order valence-corrected chi connectivity index (χ4v) is 4.97. The van der Waals surface area contributed by atoms with Crippen molar-refractivity contribution in [3.05, 3.63) is 0 Å². The van der Waals surface area contributed by atoms with Crippen LogP contribution in [0.15, 0.2) is 0 Å². The van der Waals surface area contributed by atoms with Crippen LogP contribution in [0.1, 0.15) is 33.6 Å². The summed E-state index contributed by atoms with van der Waals surface area (Å²) in [5, 5.41) is 32.3. The van der Waals surface area contributed by atoms with E-state index >= 15 is 0 Å². The number of hydrogen-bond donors (Lipinski definition) is 3. The molecule has 0 radical (unpaired) electrons. The highest BCUT2D eigenvalue weighted by Crippen LogP contribution is 2.67. The van der Waals surface area contributed by atoms with E-state index in [4.69, 9.17) is 4.74 Å². The SMILES string of the molecule is C[C@@H]1[C@H](O)[C@H](O)[C@@]2(O)[C@@]13CC(=O)OC[C@@]2(C)[C@H](C)C(=O)C3. The van der Waals surface area contributed by atoms with Crippen LogP contribution in [0, 0.1) is 22.7 Å². The summed E-state index contributed by atoms with van der Waals surface area (Å²) in [5.74, 6) is -1.69. The van der Waals surface area contributed by atoms with Gasteiger partial charge in [-0.1, -0.05) is 20.8 Å². The fourth-order valence-electron chi connectivity index (χ4n) is 4.97. The average molecular weight is 298 g/mol. The molecule has 3 N–H and O–H groups in total. The Balaban J connectivity index is 2.30. The number of carbonyl (C=O) groups excluding carboxylic acids is 2. The number of hydrogen-bond acceptors (Lipinski definition) is 6. The average Bonchev–Trinajstić information content (AvgIpc) is 2.54. The molecule has 2 saturated carbocycles. The predicted molar refractivity (Wildman–Crippen MR) is 71.0 cm³/mol. The molecule has 1 heterocycles. The molecule has 0 aromatic heterocycles. The summed E-state index contributed by atoms with van der Waals surface area (Å²) in [6.45, 7) is 4.89. The zero-order valence-electron chi connectivity index (χ0n) is 12.5. The van der Waals surface area contributed by atoms with Crippen LogP contribution in [0.25, 0.3) is 0 Å². The molecule has 3 aliphatic rings. The van der Waals surface area contributed by atoms with Crippen molar-refractivity contribution in [3.8, 4) is 0 Å². The lowest BCUT2D eigenvalue weighted by atomic mass is 9.47. The van der Waals surface area contributed by atoms with Crippen molar-refractivity contribution >= 4 is 11.8 Å². The molecule has 1 saturated heterocycles. The second-order valence-corrected chi connectivity index (χ2v) is 7.27. The summed E-state index contributed by atoms with van der Waals surface area (Å²) in [5.41, 5.74) is -4.00. The monoisotopic (exact) mass is 298 g/mol. The number of Topliss-reactive ketones (excluding diaryl/α,β-unsaturated/α-hetero) is 1. The third-order valence-electron chi connectivity index (χ3n) is 6.69. The fraction of sp³-hybridized carbons (Fsp3) is 0.867. The summed E-state index contributed by atoms with van der Waals surface area (Å²) in [7, 11) is 0. The zero-order valence-corrected chi connectivity index (χ0v) is 12.5. The van der Waals surface area contributed by atoms with Gasteiger partial charge in [-0.15, -0.1) is 0 Å². The van der Waals surface area contributed by atoms with E-state index in [9.17, 15) is 24.9 Å². The van der Waals surface area contributed by atoms with Gasteiger partial charge in [-0.05, 0) is 5.92 Å². The molecular formula is C15H22O6. The Labute approximate surface area is 123 Å². The van der Waals surface area contributed by atoms with Gasteiger partial charge in [0.1, 0.15) is 24.1 Å². The Hall–Kier alpha value is -0.980. The van der Waals surface area contributed by atoms with Gasteiger partial charge in [0.2, 0.25) is 0 Å². The van der Waals surface area contributed by atoms with E-state index in [-0.39, 0.29) is 25.2 Å². The van der Waals surface area contributed by atoms with E-state index in [1.54, 1.807) is 20.8 Å². The van der Waals surface area contributed by atoms with Gasteiger partial charge in [-0.2, -0.15) is 0 Å². The molecule has 1 aliphatic heterocycles. The second-order valence-electron chi connectivity index (χ2n) is 7.27. The van der Waals surface area contributed by atoms with Crippen molar-refractivity contribution in [1.29, 1.82) is 0 Å². The minimum atomic E-state index is -1.72. The first-order chi connectivity index (χ1) is 9.62. The molecule has 7 atom stereocenters. The van der Waals surface area contributed by atoms with E-state index in [0.717, 1.165) is 0 Å². The summed E-state index contributed by atoms with van der Waals surface area (Å²) in [6.07, 6.45) is -2.75. The minimum absolute atomic E-state index is 0.0232. The Morgan fingerprint density at radius 1 is 1.19 bits per heavy atom. The standard InChI is InChI=1S/C15H22O6/c1-7-9(16)4-14-5-10(17)21-6-13(7,3)15(14,20)12(19)11(18)8(14)2/h7-8,11-12,18-20H,4-6H2,1-3H3/t7-,8-,11+,12+,13+,14+,15+/m1/s1. The molecule has 6 heteroatoms. The molecule has 2 aliphatic carbocycles. The maximum Gasteiger partial charge on any atom is 0.306 e. The Kier molecular flexibility index (Phi) is 2.89. The molecular weight excluding hydrogens is 276 g/mol. The number of esters is 1. The van der Waals surface area contributed by atoms with Crippen molar-refractivity contribution < 1.29 is 29.6 Å². The largest absolute Gasteiger partial charge is 0.465 e. The molecule has 0 aromatic rings. The smallest absolute Gasteiger partial charge is 0.306 e. The minimum Gasteiger partial charge on any atom is -0.465 e. The molecule has 3 rings (SSSR count). The highest BCUT2D eigenvalue weighted by molar-refractivity contribution is 5.86. The lowest BCUT2D eigenvalue weighted by Crippen LogP contribution is -2.69. The number of aliphatic hydroxyl groups is 3. The van der Waals surface area contributed by atoms with Crippen LogP contribution in [-0.4, -0.2) is 51.5 Å². The predicted octanol–water partition coefficient (Wildman–Crippen LogP) is -0.363. The molecule has 21 heavy (non-hydrogen) atoms. The topological polar surface area (TPSA) is 104 Å². The summed E-state index contributed by atoms with van der Waals surface area (Å²) in [6, 6.07) is 0. The van der Waals surface area contributed by atoms with Crippen LogP contribution >= 0.6 is 0 Å². The van der Waals surface area contributed by atoms with Crippen molar-refractivity contribution in [2.75, 3.05) is 6.61 Å².